The first-order chi connectivity index (χ1) is 8.70. The second-order valence-electron chi connectivity index (χ2n) is 4.91. The van der Waals surface area contributed by atoms with Crippen LogP contribution in [0.4, 0.5) is 0 Å². The maximum Gasteiger partial charge on any atom is 0.0408 e. The van der Waals surface area contributed by atoms with Crippen molar-refractivity contribution in [2.24, 2.45) is 0 Å². The standard InChI is InChI=1S/C15H16ClNS/c1-10-2-5-15(18-10)9-17-14-7-11-3-4-13(16)6-12(11)8-14/h2-6,14,17H,7-9H2,1H3. The number of hydrogen-bond acceptors (Lipinski definition) is 2. The van der Waals surface area contributed by atoms with Gasteiger partial charge in [0.25, 0.3) is 0 Å². The molecule has 3 rings (SSSR count). The fourth-order valence-corrected chi connectivity index (χ4v) is 3.59. The summed E-state index contributed by atoms with van der Waals surface area (Å²) in [5, 5.41) is 4.50. The number of rotatable bonds is 3. The van der Waals surface area contributed by atoms with Gasteiger partial charge in [-0.2, -0.15) is 0 Å². The van der Waals surface area contributed by atoms with Crippen molar-refractivity contribution in [3.05, 3.63) is 56.2 Å². The predicted octanol–water partition coefficient (Wildman–Crippen LogP) is 3.97. The van der Waals surface area contributed by atoms with Gasteiger partial charge < -0.3 is 5.32 Å². The Morgan fingerprint density at radius 1 is 1.22 bits per heavy atom. The Balaban J connectivity index is 1.61. The Hall–Kier alpha value is -0.830. The highest BCUT2D eigenvalue weighted by Gasteiger charge is 2.20. The minimum Gasteiger partial charge on any atom is -0.308 e. The molecule has 0 bridgehead atoms. The van der Waals surface area contributed by atoms with Crippen LogP contribution in [0.15, 0.2) is 30.3 Å². The molecule has 0 radical (unpaired) electrons. The Morgan fingerprint density at radius 3 is 2.83 bits per heavy atom. The monoisotopic (exact) mass is 277 g/mol. The van der Waals surface area contributed by atoms with E-state index in [9.17, 15) is 0 Å². The predicted molar refractivity (Wildman–Crippen MR) is 78.5 cm³/mol. The summed E-state index contributed by atoms with van der Waals surface area (Å²) in [7, 11) is 0. The number of aryl methyl sites for hydroxylation is 1. The summed E-state index contributed by atoms with van der Waals surface area (Å²) in [5.74, 6) is 0. The lowest BCUT2D eigenvalue weighted by molar-refractivity contribution is 0.536. The summed E-state index contributed by atoms with van der Waals surface area (Å²) in [6.07, 6.45) is 2.22. The summed E-state index contributed by atoms with van der Waals surface area (Å²) >= 11 is 7.90. The second kappa shape index (κ2) is 5.04. The van der Waals surface area contributed by atoms with Crippen molar-refractivity contribution in [2.45, 2.75) is 32.4 Å². The molecule has 1 unspecified atom stereocenters. The van der Waals surface area contributed by atoms with Crippen LogP contribution < -0.4 is 5.32 Å². The molecule has 94 valence electrons. The third-order valence-electron chi connectivity index (χ3n) is 3.46. The van der Waals surface area contributed by atoms with Gasteiger partial charge in [0.1, 0.15) is 0 Å². The first kappa shape index (κ1) is 12.2. The molecule has 2 aromatic rings. The average Bonchev–Trinajstić information content (AvgIpc) is 2.92. The number of thiophene rings is 1. The van der Waals surface area contributed by atoms with E-state index >= 15 is 0 Å². The topological polar surface area (TPSA) is 12.0 Å². The minimum absolute atomic E-state index is 0.556. The highest BCUT2D eigenvalue weighted by Crippen LogP contribution is 2.25. The summed E-state index contributed by atoms with van der Waals surface area (Å²) in [4.78, 5) is 2.80. The van der Waals surface area contributed by atoms with Crippen molar-refractivity contribution in [3.63, 3.8) is 0 Å². The highest BCUT2D eigenvalue weighted by molar-refractivity contribution is 7.11. The van der Waals surface area contributed by atoms with Gasteiger partial charge >= 0.3 is 0 Å². The summed E-state index contributed by atoms with van der Waals surface area (Å²) in [5.41, 5.74) is 2.85. The molecule has 0 aliphatic heterocycles. The van der Waals surface area contributed by atoms with E-state index < -0.39 is 0 Å². The van der Waals surface area contributed by atoms with E-state index in [-0.39, 0.29) is 0 Å². The molecule has 1 aliphatic carbocycles. The first-order valence-electron chi connectivity index (χ1n) is 6.27. The average molecular weight is 278 g/mol. The fraction of sp³-hybridized carbons (Fsp3) is 0.333. The van der Waals surface area contributed by atoms with E-state index in [4.69, 9.17) is 11.6 Å². The van der Waals surface area contributed by atoms with Crippen LogP contribution in [0.25, 0.3) is 0 Å². The van der Waals surface area contributed by atoms with Gasteiger partial charge in [0.15, 0.2) is 0 Å². The smallest absolute Gasteiger partial charge is 0.0408 e. The van der Waals surface area contributed by atoms with E-state index in [1.165, 1.54) is 20.9 Å². The largest absolute Gasteiger partial charge is 0.308 e. The van der Waals surface area contributed by atoms with E-state index in [1.54, 1.807) is 0 Å². The zero-order valence-electron chi connectivity index (χ0n) is 10.4. The maximum atomic E-state index is 6.03. The quantitative estimate of drug-likeness (QED) is 0.895. The van der Waals surface area contributed by atoms with Crippen LogP contribution in [0.1, 0.15) is 20.9 Å². The first-order valence-corrected chi connectivity index (χ1v) is 7.46. The van der Waals surface area contributed by atoms with Gasteiger partial charge in [-0.3, -0.25) is 0 Å². The lowest BCUT2D eigenvalue weighted by atomic mass is 10.1. The van der Waals surface area contributed by atoms with Crippen LogP contribution in [0.2, 0.25) is 5.02 Å². The molecule has 1 aromatic heterocycles. The van der Waals surface area contributed by atoms with E-state index in [0.29, 0.717) is 6.04 Å². The number of hydrogen-bond donors (Lipinski definition) is 1. The molecule has 1 aromatic carbocycles. The summed E-state index contributed by atoms with van der Waals surface area (Å²) < 4.78 is 0. The van der Waals surface area contributed by atoms with Crippen molar-refractivity contribution < 1.29 is 0 Å². The van der Waals surface area contributed by atoms with Crippen LogP contribution >= 0.6 is 22.9 Å². The number of fused-ring (bicyclic) bond motifs is 1. The van der Waals surface area contributed by atoms with Crippen LogP contribution in [0, 0.1) is 6.92 Å². The highest BCUT2D eigenvalue weighted by atomic mass is 35.5. The Kier molecular flexibility index (Phi) is 3.42. The summed E-state index contributed by atoms with van der Waals surface area (Å²) in [6, 6.07) is 11.2. The lowest BCUT2D eigenvalue weighted by Crippen LogP contribution is -2.28. The summed E-state index contributed by atoms with van der Waals surface area (Å²) in [6.45, 7) is 3.13. The van der Waals surface area contributed by atoms with Crippen LogP contribution in [-0.2, 0) is 19.4 Å². The molecule has 1 heterocycles. The number of nitrogens with one attached hydrogen (secondary N) is 1. The van der Waals surface area contributed by atoms with Crippen LogP contribution in [-0.4, -0.2) is 6.04 Å². The van der Waals surface area contributed by atoms with Crippen LogP contribution in [0.3, 0.4) is 0 Å². The van der Waals surface area contributed by atoms with Gasteiger partial charge in [0.2, 0.25) is 0 Å². The lowest BCUT2D eigenvalue weighted by Gasteiger charge is -2.10. The molecule has 0 saturated carbocycles. The maximum absolute atomic E-state index is 6.03. The molecule has 3 heteroatoms. The fourth-order valence-electron chi connectivity index (χ4n) is 2.56. The SMILES string of the molecule is Cc1ccc(CNC2Cc3ccc(Cl)cc3C2)s1. The van der Waals surface area contributed by atoms with E-state index in [0.717, 1.165) is 24.4 Å². The Labute approximate surface area is 117 Å². The van der Waals surface area contributed by atoms with Gasteiger partial charge in [-0.05, 0) is 55.2 Å². The number of benzene rings is 1. The van der Waals surface area contributed by atoms with Gasteiger partial charge in [-0.25, -0.2) is 0 Å². The van der Waals surface area contributed by atoms with Crippen molar-refractivity contribution >= 4 is 22.9 Å². The molecule has 0 saturated heterocycles. The number of halogens is 1. The molecule has 0 spiro atoms. The van der Waals surface area contributed by atoms with Gasteiger partial charge in [-0.1, -0.05) is 17.7 Å². The van der Waals surface area contributed by atoms with Crippen LogP contribution in [0.5, 0.6) is 0 Å². The van der Waals surface area contributed by atoms with Crippen molar-refractivity contribution in [2.75, 3.05) is 0 Å². The zero-order chi connectivity index (χ0) is 12.5. The molecule has 0 fully saturated rings. The molecule has 1 aliphatic rings. The van der Waals surface area contributed by atoms with Crippen molar-refractivity contribution in [3.8, 4) is 0 Å². The van der Waals surface area contributed by atoms with Gasteiger partial charge in [0, 0.05) is 27.4 Å². The molecule has 0 amide bonds. The molecule has 1 atom stereocenters. The molecule has 18 heavy (non-hydrogen) atoms. The van der Waals surface area contributed by atoms with E-state index in [1.807, 2.05) is 17.4 Å². The van der Waals surface area contributed by atoms with Crippen molar-refractivity contribution in [1.29, 1.82) is 0 Å². The Morgan fingerprint density at radius 2 is 2.06 bits per heavy atom. The van der Waals surface area contributed by atoms with Gasteiger partial charge in [0.05, 0.1) is 0 Å². The van der Waals surface area contributed by atoms with Gasteiger partial charge in [-0.15, -0.1) is 11.3 Å². The molecular formula is C15H16ClNS. The van der Waals surface area contributed by atoms with E-state index in [2.05, 4.69) is 36.5 Å². The molecule has 1 N–H and O–H groups in total. The Bertz CT molecular complexity index is 561. The third-order valence-corrected chi connectivity index (χ3v) is 4.70. The third kappa shape index (κ3) is 2.61. The normalized spacial score (nSPS) is 18.0. The second-order valence-corrected chi connectivity index (χ2v) is 6.72. The zero-order valence-corrected chi connectivity index (χ0v) is 11.9. The molecule has 1 nitrogen and oxygen atoms in total. The van der Waals surface area contributed by atoms with Crippen molar-refractivity contribution in [1.82, 2.24) is 5.32 Å². The molecular weight excluding hydrogens is 262 g/mol. The minimum atomic E-state index is 0.556.